The van der Waals surface area contributed by atoms with Crippen molar-refractivity contribution in [2.24, 2.45) is 0 Å². The molecule has 0 saturated heterocycles. The van der Waals surface area contributed by atoms with Gasteiger partial charge in [-0.3, -0.25) is 19.2 Å². The van der Waals surface area contributed by atoms with E-state index >= 15 is 0 Å². The Kier molecular flexibility index (Phi) is 9.14. The fourth-order valence-electron chi connectivity index (χ4n) is 6.38. The van der Waals surface area contributed by atoms with Crippen LogP contribution in [-0.2, 0) is 9.53 Å². The van der Waals surface area contributed by atoms with E-state index in [0.29, 0.717) is 11.3 Å². The lowest BCUT2D eigenvalue weighted by molar-refractivity contribution is -0.110. The number of aryl methyl sites for hydroxylation is 2. The molecule has 0 aliphatic heterocycles. The Balaban J connectivity index is 0.000000182. The van der Waals surface area contributed by atoms with E-state index < -0.39 is 51.8 Å². The zero-order chi connectivity index (χ0) is 38.6. The van der Waals surface area contributed by atoms with Gasteiger partial charge < -0.3 is 33.9 Å². The van der Waals surface area contributed by atoms with Crippen LogP contribution in [0, 0.1) is 13.8 Å². The number of carbonyl (C=O) groups excluding carboxylic acids is 5. The number of halogens is 1. The number of phenolic OH excluding ortho intramolecular Hbond substituents is 2. The summed E-state index contributed by atoms with van der Waals surface area (Å²) in [6.07, 6.45) is 0. The molecule has 2 aliphatic rings. The summed E-state index contributed by atoms with van der Waals surface area (Å²) >= 11 is 6.28. The minimum atomic E-state index is -1.12. The Morgan fingerprint density at radius 1 is 0.698 bits per heavy atom. The van der Waals surface area contributed by atoms with Crippen molar-refractivity contribution in [2.75, 3.05) is 21.3 Å². The first-order chi connectivity index (χ1) is 25.2. The van der Waals surface area contributed by atoms with E-state index in [1.54, 1.807) is 26.0 Å². The third-order valence-corrected chi connectivity index (χ3v) is 9.26. The van der Waals surface area contributed by atoms with Gasteiger partial charge in [0, 0.05) is 22.1 Å². The first-order valence-electron chi connectivity index (χ1n) is 15.5. The summed E-state index contributed by atoms with van der Waals surface area (Å²) in [7, 11) is 3.86. The Labute approximate surface area is 304 Å². The molecule has 13 nitrogen and oxygen atoms in total. The van der Waals surface area contributed by atoms with E-state index in [2.05, 4.69) is 0 Å². The second kappa shape index (κ2) is 13.4. The lowest BCUT2D eigenvalue weighted by Gasteiger charge is -2.22. The molecular formula is C39H27ClO13. The predicted molar refractivity (Wildman–Crippen MR) is 190 cm³/mol. The maximum Gasteiger partial charge on any atom is 0.344 e. The quantitative estimate of drug-likeness (QED) is 0.142. The van der Waals surface area contributed by atoms with Gasteiger partial charge in [-0.1, -0.05) is 35.9 Å². The molecule has 0 atom stereocenters. The summed E-state index contributed by atoms with van der Waals surface area (Å²) in [5.41, 5.74) is -0.821. The summed E-state index contributed by atoms with van der Waals surface area (Å²) in [4.78, 5) is 76.0. The summed E-state index contributed by atoms with van der Waals surface area (Å²) in [6.45, 7) is 3.40. The number of benzene rings is 4. The van der Waals surface area contributed by atoms with Crippen LogP contribution in [-0.4, -0.2) is 65.8 Å². The smallest absolute Gasteiger partial charge is 0.344 e. The molecule has 7 rings (SSSR count). The average Bonchev–Trinajstić information content (AvgIpc) is 3.13. The number of esters is 1. The maximum atomic E-state index is 13.0. The highest BCUT2D eigenvalue weighted by molar-refractivity contribution is 6.63. The van der Waals surface area contributed by atoms with Crippen LogP contribution >= 0.6 is 11.6 Å². The minimum Gasteiger partial charge on any atom is -0.507 e. The summed E-state index contributed by atoms with van der Waals surface area (Å²) in [6, 6.07) is 13.0. The van der Waals surface area contributed by atoms with E-state index in [9.17, 15) is 44.1 Å². The third-order valence-electron chi connectivity index (χ3n) is 8.77. The maximum absolute atomic E-state index is 13.0. The molecular weight excluding hydrogens is 712 g/mol. The van der Waals surface area contributed by atoms with Crippen LogP contribution in [0.2, 0.25) is 5.02 Å². The Hall–Kier alpha value is -6.73. The summed E-state index contributed by atoms with van der Waals surface area (Å²) in [5, 5.41) is 31.1. The molecule has 0 fully saturated rings. The van der Waals surface area contributed by atoms with Crippen LogP contribution in [0.3, 0.4) is 0 Å². The van der Waals surface area contributed by atoms with Gasteiger partial charge in [0.15, 0.2) is 11.5 Å². The molecule has 53 heavy (non-hydrogen) atoms. The molecule has 0 saturated carbocycles. The van der Waals surface area contributed by atoms with Crippen LogP contribution in [0.15, 0.2) is 63.8 Å². The van der Waals surface area contributed by atoms with Gasteiger partial charge in [0.1, 0.15) is 28.8 Å². The molecule has 3 N–H and O–H groups in total. The standard InChI is InChI=1S/C20H15ClO7.C19H12O6/c1-8-7-11(27-2)13(14(16(8)21)20(26)28-3)15-17(23)9-5-4-6-10(22)12(9)18(24)19(15)25;1-8-6-10-14(12(7-8)24-2)15-16(21)9-4-3-5-11(20)13(9)17(22)18(15)25-19(10)23/h4-7,22-23H,1-3H3;3-7,20H,1-2H3. The van der Waals surface area contributed by atoms with Crippen LogP contribution in [0.1, 0.15) is 75.0 Å². The first kappa shape index (κ1) is 36.1. The molecule has 0 unspecified atom stereocenters. The fourth-order valence-corrected chi connectivity index (χ4v) is 6.61. The number of ketones is 4. The van der Waals surface area contributed by atoms with E-state index in [1.807, 2.05) is 0 Å². The van der Waals surface area contributed by atoms with Crippen molar-refractivity contribution in [1.82, 2.24) is 0 Å². The number of aliphatic hydroxyl groups excluding tert-OH is 1. The summed E-state index contributed by atoms with van der Waals surface area (Å²) < 4.78 is 20.6. The Bertz CT molecular complexity index is 2590. The van der Waals surface area contributed by atoms with Gasteiger partial charge in [-0.2, -0.15) is 0 Å². The normalized spacial score (nSPS) is 13.2. The summed E-state index contributed by atoms with van der Waals surface area (Å²) in [5.74, 6) is -5.60. The van der Waals surface area contributed by atoms with Crippen LogP contribution in [0.4, 0.5) is 0 Å². The topological polar surface area (TPSA) is 204 Å². The lowest BCUT2D eigenvalue weighted by Crippen LogP contribution is -2.25. The number of carbonyl (C=O) groups is 5. The molecule has 268 valence electrons. The molecule has 4 aromatic carbocycles. The zero-order valence-corrected chi connectivity index (χ0v) is 29.3. The number of ether oxygens (including phenoxy) is 3. The van der Waals surface area contributed by atoms with Crippen molar-refractivity contribution >= 4 is 62.8 Å². The molecule has 2 aliphatic carbocycles. The third kappa shape index (κ3) is 5.58. The van der Waals surface area contributed by atoms with Gasteiger partial charge in [-0.15, -0.1) is 0 Å². The molecule has 0 spiro atoms. The molecule has 5 aromatic rings. The predicted octanol–water partition coefficient (Wildman–Crippen LogP) is 5.93. The van der Waals surface area contributed by atoms with Crippen molar-refractivity contribution in [1.29, 1.82) is 0 Å². The Morgan fingerprint density at radius 2 is 1.30 bits per heavy atom. The first-order valence-corrected chi connectivity index (χ1v) is 15.9. The van der Waals surface area contributed by atoms with Crippen molar-refractivity contribution < 1.29 is 57.9 Å². The Morgan fingerprint density at radius 3 is 1.91 bits per heavy atom. The molecule has 14 heteroatoms. The van der Waals surface area contributed by atoms with Crippen LogP contribution in [0.5, 0.6) is 23.0 Å². The second-order valence-electron chi connectivity index (χ2n) is 11.9. The highest BCUT2D eigenvalue weighted by Gasteiger charge is 2.40. The van der Waals surface area contributed by atoms with Crippen molar-refractivity contribution in [3.63, 3.8) is 0 Å². The number of aromatic hydroxyl groups is 2. The largest absolute Gasteiger partial charge is 0.507 e. The highest BCUT2D eigenvalue weighted by atomic mass is 35.5. The number of allylic oxidation sites excluding steroid dienone is 1. The van der Waals surface area contributed by atoms with Gasteiger partial charge in [-0.05, 0) is 55.3 Å². The van der Waals surface area contributed by atoms with Crippen molar-refractivity contribution in [2.45, 2.75) is 13.8 Å². The van der Waals surface area contributed by atoms with Gasteiger partial charge in [0.25, 0.3) is 0 Å². The monoisotopic (exact) mass is 738 g/mol. The lowest BCUT2D eigenvalue weighted by atomic mass is 9.82. The van der Waals surface area contributed by atoms with E-state index in [4.69, 9.17) is 30.2 Å². The number of hydrogen-bond donors (Lipinski definition) is 3. The van der Waals surface area contributed by atoms with Gasteiger partial charge in [0.2, 0.25) is 17.3 Å². The molecule has 1 aromatic heterocycles. The van der Waals surface area contributed by atoms with E-state index in [1.165, 1.54) is 56.7 Å². The number of phenols is 2. The van der Waals surface area contributed by atoms with Crippen molar-refractivity contribution in [3.05, 3.63) is 126 Å². The van der Waals surface area contributed by atoms with Gasteiger partial charge in [0.05, 0.1) is 59.6 Å². The number of aliphatic hydroxyl groups is 1. The average molecular weight is 739 g/mol. The molecule has 1 heterocycles. The molecule has 0 amide bonds. The van der Waals surface area contributed by atoms with Crippen LogP contribution in [0.25, 0.3) is 22.1 Å². The number of fused-ring (bicyclic) bond motifs is 5. The minimum absolute atomic E-state index is 0.00935. The van der Waals surface area contributed by atoms with E-state index in [-0.39, 0.29) is 72.0 Å². The molecule has 0 radical (unpaired) electrons. The fraction of sp³-hybridized carbons (Fsp3) is 0.128. The van der Waals surface area contributed by atoms with Crippen molar-refractivity contribution in [3.8, 4) is 23.0 Å². The van der Waals surface area contributed by atoms with Crippen LogP contribution < -0.4 is 15.1 Å². The number of methoxy groups -OCH3 is 3. The highest BCUT2D eigenvalue weighted by Crippen LogP contribution is 2.44. The molecule has 0 bridgehead atoms. The van der Waals surface area contributed by atoms with Gasteiger partial charge in [-0.25, -0.2) is 9.59 Å². The second-order valence-corrected chi connectivity index (χ2v) is 12.3. The SMILES string of the molecule is COC(=O)c1c(Cl)c(C)cc(OC)c1C1=C(O)c2cccc(O)c2C(=O)C1=O.COc1cc(C)cc2c(=O)oc3c(c12)C(=O)c1cccc(O)c1C3=O. The number of hydrogen-bond acceptors (Lipinski definition) is 13. The zero-order valence-electron chi connectivity index (χ0n) is 28.5. The number of Topliss-reactive ketones (excluding diaryl/α,β-unsaturated/α-hetero) is 2. The van der Waals surface area contributed by atoms with Gasteiger partial charge >= 0.3 is 11.6 Å². The van der Waals surface area contributed by atoms with E-state index in [0.717, 1.165) is 12.7 Å². The number of rotatable bonds is 4.